The summed E-state index contributed by atoms with van der Waals surface area (Å²) in [5.74, 6) is -0.669. The fourth-order valence-corrected chi connectivity index (χ4v) is 5.69. The number of aryl methyl sites for hydroxylation is 6. The van der Waals surface area contributed by atoms with Crippen molar-refractivity contribution in [3.8, 4) is 11.5 Å². The van der Waals surface area contributed by atoms with Crippen molar-refractivity contribution in [1.29, 1.82) is 0 Å². The number of aliphatic imine (C=N–C) groups is 2. The molecule has 0 unspecified atom stereocenters. The summed E-state index contributed by atoms with van der Waals surface area (Å²) >= 11 is 0. The SMILES string of the molecule is CCCCC(=Nc1ccc(CC)c(CC)c1)C(CC)=Nc1ccc(CC)c(CC)c1.CCCCCc1cc([O-])c([O-])c(CC)c1.[Ni+2]. The van der Waals surface area contributed by atoms with Crippen molar-refractivity contribution in [2.75, 3.05) is 0 Å². The summed E-state index contributed by atoms with van der Waals surface area (Å²) in [6.45, 7) is 17.4. The summed E-state index contributed by atoms with van der Waals surface area (Å²) in [5.41, 5.74) is 11.7. The van der Waals surface area contributed by atoms with Gasteiger partial charge in [-0.2, -0.15) is 0 Å². The minimum Gasteiger partial charge on any atom is -0.873 e. The smallest absolute Gasteiger partial charge is 0.873 e. The van der Waals surface area contributed by atoms with Gasteiger partial charge in [0.25, 0.3) is 0 Å². The van der Waals surface area contributed by atoms with E-state index >= 15 is 0 Å². The number of hydrogen-bond donors (Lipinski definition) is 0. The van der Waals surface area contributed by atoms with E-state index in [0.29, 0.717) is 12.0 Å². The van der Waals surface area contributed by atoms with Gasteiger partial charge in [-0.1, -0.05) is 104 Å². The van der Waals surface area contributed by atoms with Crippen molar-refractivity contribution >= 4 is 22.8 Å². The molecule has 0 aromatic heterocycles. The fraction of sp³-hybridized carbons (Fsp3) is 0.512. The van der Waals surface area contributed by atoms with Gasteiger partial charge in [-0.05, 0) is 116 Å². The summed E-state index contributed by atoms with van der Waals surface area (Å²) < 4.78 is 0. The van der Waals surface area contributed by atoms with Gasteiger partial charge >= 0.3 is 16.5 Å². The Kier molecular flexibility index (Phi) is 20.2. The zero-order valence-corrected chi connectivity index (χ0v) is 30.8. The van der Waals surface area contributed by atoms with Crippen LogP contribution in [0.1, 0.15) is 134 Å². The molecule has 0 N–H and O–H groups in total. The van der Waals surface area contributed by atoms with Crippen molar-refractivity contribution in [2.24, 2.45) is 9.98 Å². The Morgan fingerprint density at radius 2 is 1.04 bits per heavy atom. The second kappa shape index (κ2) is 22.6. The van der Waals surface area contributed by atoms with Gasteiger partial charge in [-0.3, -0.25) is 9.98 Å². The summed E-state index contributed by atoms with van der Waals surface area (Å²) in [5, 5.41) is 22.7. The quantitative estimate of drug-likeness (QED) is 0.0865. The van der Waals surface area contributed by atoms with Crippen LogP contribution in [0.3, 0.4) is 0 Å². The van der Waals surface area contributed by atoms with Crippen molar-refractivity contribution in [3.63, 3.8) is 0 Å². The molecule has 46 heavy (non-hydrogen) atoms. The Bertz CT molecular complexity index is 1390. The van der Waals surface area contributed by atoms with Crippen LogP contribution in [-0.4, -0.2) is 11.4 Å². The van der Waals surface area contributed by atoms with E-state index in [1.54, 1.807) is 0 Å². The first-order valence-corrected chi connectivity index (χ1v) is 17.7. The average Bonchev–Trinajstić information content (AvgIpc) is 3.07. The third-order valence-corrected chi connectivity index (χ3v) is 8.51. The average molecular weight is 670 g/mol. The zero-order valence-electron chi connectivity index (χ0n) is 29.8. The first-order chi connectivity index (χ1) is 21.8. The Morgan fingerprint density at radius 3 is 1.50 bits per heavy atom. The molecule has 0 amide bonds. The van der Waals surface area contributed by atoms with Crippen LogP contribution in [0, 0.1) is 0 Å². The first-order valence-electron chi connectivity index (χ1n) is 17.7. The molecule has 3 aromatic rings. The molecule has 0 fully saturated rings. The minimum absolute atomic E-state index is 0. The van der Waals surface area contributed by atoms with Crippen LogP contribution < -0.4 is 10.2 Å². The van der Waals surface area contributed by atoms with Crippen molar-refractivity contribution in [1.82, 2.24) is 0 Å². The van der Waals surface area contributed by atoms with E-state index in [4.69, 9.17) is 9.98 Å². The molecule has 0 bridgehead atoms. The predicted octanol–water partition coefficient (Wildman–Crippen LogP) is 10.5. The second-order valence-corrected chi connectivity index (χ2v) is 11.8. The molecular weight excluding hydrogens is 611 g/mol. The molecule has 4 nitrogen and oxygen atoms in total. The van der Waals surface area contributed by atoms with Gasteiger partial charge in [0.1, 0.15) is 0 Å². The Labute approximate surface area is 290 Å². The number of unbranched alkanes of at least 4 members (excludes halogenated alkanes) is 3. The van der Waals surface area contributed by atoms with Crippen LogP contribution in [-0.2, 0) is 55.0 Å². The maximum atomic E-state index is 11.4. The summed E-state index contributed by atoms with van der Waals surface area (Å²) in [6, 6.07) is 16.7. The number of nitrogens with zero attached hydrogens (tertiary/aromatic N) is 2. The number of hydrogen-bond acceptors (Lipinski definition) is 4. The van der Waals surface area contributed by atoms with E-state index in [2.05, 4.69) is 84.9 Å². The summed E-state index contributed by atoms with van der Waals surface area (Å²) in [4.78, 5) is 10.2. The Balaban J connectivity index is 0.000000557. The molecule has 0 saturated heterocycles. The third-order valence-electron chi connectivity index (χ3n) is 8.51. The van der Waals surface area contributed by atoms with Crippen LogP contribution in [0.15, 0.2) is 58.5 Å². The molecule has 0 saturated carbocycles. The summed E-state index contributed by atoms with van der Waals surface area (Å²) in [7, 11) is 0. The standard InChI is InChI=1S/C28H40N2.C13H20O2.Ni/c1-7-13-14-28(30-26-18-16-22(9-3)24(11-5)20-26)27(12-6)29-25-17-15-21(8-2)23(10-4)19-25;1-3-5-6-7-10-8-11(4-2)13(15)12(14)9-10;/h15-20H,7-14H2,1-6H3;8-9,14-15H,3-7H2,1-2H3;/q;;+2/p-2. The van der Waals surface area contributed by atoms with Gasteiger partial charge in [0.15, 0.2) is 0 Å². The molecule has 0 atom stereocenters. The van der Waals surface area contributed by atoms with Crippen molar-refractivity contribution < 1.29 is 26.7 Å². The summed E-state index contributed by atoms with van der Waals surface area (Å²) in [6.07, 6.45) is 13.4. The van der Waals surface area contributed by atoms with Crippen molar-refractivity contribution in [3.05, 3.63) is 81.9 Å². The van der Waals surface area contributed by atoms with E-state index in [1.165, 1.54) is 41.2 Å². The molecule has 0 radical (unpaired) electrons. The molecule has 0 spiro atoms. The van der Waals surface area contributed by atoms with Gasteiger partial charge in [-0.25, -0.2) is 0 Å². The largest absolute Gasteiger partial charge is 2.00 e. The Hall–Kier alpha value is -2.91. The molecule has 5 heteroatoms. The van der Waals surface area contributed by atoms with Crippen molar-refractivity contribution in [2.45, 2.75) is 139 Å². The minimum atomic E-state index is -0.346. The predicted molar refractivity (Wildman–Crippen MR) is 192 cm³/mol. The molecule has 0 aliphatic rings. The van der Waals surface area contributed by atoms with Gasteiger partial charge in [0, 0.05) is 0 Å². The number of rotatable bonds is 16. The van der Waals surface area contributed by atoms with Crippen LogP contribution in [0.2, 0.25) is 0 Å². The van der Waals surface area contributed by atoms with E-state index < -0.39 is 0 Å². The van der Waals surface area contributed by atoms with Gasteiger partial charge in [0.05, 0.1) is 22.8 Å². The zero-order chi connectivity index (χ0) is 33.2. The molecule has 0 aliphatic carbocycles. The molecule has 3 aromatic carbocycles. The molecule has 254 valence electrons. The van der Waals surface area contributed by atoms with Crippen LogP contribution >= 0.6 is 0 Å². The normalized spacial score (nSPS) is 11.6. The Morgan fingerprint density at radius 1 is 0.543 bits per heavy atom. The monoisotopic (exact) mass is 668 g/mol. The molecule has 0 aliphatic heterocycles. The third kappa shape index (κ3) is 12.7. The molecule has 0 heterocycles. The topological polar surface area (TPSA) is 70.8 Å². The van der Waals surface area contributed by atoms with E-state index in [0.717, 1.165) is 92.6 Å². The first kappa shape index (κ1) is 41.1. The van der Waals surface area contributed by atoms with E-state index in [-0.39, 0.29) is 28.0 Å². The molecule has 3 rings (SSSR count). The van der Waals surface area contributed by atoms with E-state index in [1.807, 2.05) is 13.0 Å². The van der Waals surface area contributed by atoms with Gasteiger partial charge in [0.2, 0.25) is 0 Å². The maximum absolute atomic E-state index is 11.4. The van der Waals surface area contributed by atoms with Crippen LogP contribution in [0.25, 0.3) is 0 Å². The van der Waals surface area contributed by atoms with Crippen LogP contribution in [0.5, 0.6) is 11.5 Å². The molecular formula is C41H58N2NiO2. The van der Waals surface area contributed by atoms with E-state index in [9.17, 15) is 10.2 Å². The fourth-order valence-electron chi connectivity index (χ4n) is 5.69. The van der Waals surface area contributed by atoms with Gasteiger partial charge < -0.3 is 10.2 Å². The number of benzene rings is 3. The second-order valence-electron chi connectivity index (χ2n) is 11.8. The van der Waals surface area contributed by atoms with Crippen LogP contribution in [0.4, 0.5) is 11.4 Å². The maximum Gasteiger partial charge on any atom is 2.00 e. The van der Waals surface area contributed by atoms with Gasteiger partial charge in [-0.15, -0.1) is 11.5 Å².